The third kappa shape index (κ3) is 2.42. The molecule has 0 spiro atoms. The summed E-state index contributed by atoms with van der Waals surface area (Å²) < 4.78 is 42.0. The summed E-state index contributed by atoms with van der Waals surface area (Å²) >= 11 is 0. The van der Waals surface area contributed by atoms with E-state index < -0.39 is 29.6 Å². The number of hydrogen-bond acceptors (Lipinski definition) is 4. The first kappa shape index (κ1) is 11.4. The summed E-state index contributed by atoms with van der Waals surface area (Å²) in [5, 5.41) is 0. The van der Waals surface area contributed by atoms with Gasteiger partial charge in [0.15, 0.2) is 11.5 Å². The molecular formula is C8H7F3N2O2. The molecule has 1 aromatic rings. The van der Waals surface area contributed by atoms with Crippen LogP contribution in [0.2, 0.25) is 0 Å². The summed E-state index contributed by atoms with van der Waals surface area (Å²) in [4.78, 5) is 17.3. The number of nitrogens with zero attached hydrogens (tertiary/aromatic N) is 2. The van der Waals surface area contributed by atoms with Gasteiger partial charge in [-0.3, -0.25) is 0 Å². The average Bonchev–Trinajstić information content (AvgIpc) is 2.17. The van der Waals surface area contributed by atoms with Crippen LogP contribution in [-0.2, 0) is 4.74 Å². The monoisotopic (exact) mass is 220 g/mol. The maximum atomic E-state index is 13.2. The Morgan fingerprint density at radius 1 is 1.53 bits per heavy atom. The Morgan fingerprint density at radius 2 is 2.20 bits per heavy atom. The summed E-state index contributed by atoms with van der Waals surface area (Å²) in [6.07, 6.45) is -2.40. The van der Waals surface area contributed by atoms with Gasteiger partial charge in [-0.2, -0.15) is 0 Å². The van der Waals surface area contributed by atoms with Crippen molar-refractivity contribution < 1.29 is 22.7 Å². The van der Waals surface area contributed by atoms with Crippen molar-refractivity contribution in [3.8, 4) is 0 Å². The van der Waals surface area contributed by atoms with Crippen molar-refractivity contribution in [3.63, 3.8) is 0 Å². The number of carbonyl (C=O) groups is 1. The van der Waals surface area contributed by atoms with Crippen molar-refractivity contribution in [3.05, 3.63) is 23.5 Å². The first-order valence-electron chi connectivity index (χ1n) is 4.03. The van der Waals surface area contributed by atoms with E-state index in [1.54, 1.807) is 0 Å². The first-order valence-corrected chi connectivity index (χ1v) is 4.03. The van der Waals surface area contributed by atoms with Crippen LogP contribution in [0.25, 0.3) is 0 Å². The molecule has 0 atom stereocenters. The third-order valence-electron chi connectivity index (χ3n) is 1.49. The molecule has 1 aromatic heterocycles. The van der Waals surface area contributed by atoms with E-state index in [-0.39, 0.29) is 6.61 Å². The highest BCUT2D eigenvalue weighted by Gasteiger charge is 2.23. The molecule has 15 heavy (non-hydrogen) atoms. The predicted molar refractivity (Wildman–Crippen MR) is 42.9 cm³/mol. The van der Waals surface area contributed by atoms with Gasteiger partial charge < -0.3 is 4.74 Å². The largest absolute Gasteiger partial charge is 0.461 e. The smallest absolute Gasteiger partial charge is 0.360 e. The average molecular weight is 220 g/mol. The second kappa shape index (κ2) is 4.72. The van der Waals surface area contributed by atoms with E-state index in [1.165, 1.54) is 6.92 Å². The van der Waals surface area contributed by atoms with Crippen molar-refractivity contribution in [2.75, 3.05) is 6.61 Å². The molecule has 0 aliphatic rings. The minimum absolute atomic E-state index is 0.00624. The number of alkyl halides is 2. The second-order valence-corrected chi connectivity index (χ2v) is 2.44. The number of halogens is 3. The van der Waals surface area contributed by atoms with Gasteiger partial charge in [-0.15, -0.1) is 0 Å². The van der Waals surface area contributed by atoms with Crippen LogP contribution < -0.4 is 0 Å². The minimum Gasteiger partial charge on any atom is -0.461 e. The Balaban J connectivity index is 3.09. The van der Waals surface area contributed by atoms with E-state index in [0.29, 0.717) is 6.33 Å². The topological polar surface area (TPSA) is 52.1 Å². The van der Waals surface area contributed by atoms with Crippen LogP contribution in [0.15, 0.2) is 6.33 Å². The van der Waals surface area contributed by atoms with Gasteiger partial charge in [0.1, 0.15) is 12.0 Å². The Bertz CT molecular complexity index is 371. The second-order valence-electron chi connectivity index (χ2n) is 2.44. The Morgan fingerprint density at radius 3 is 2.73 bits per heavy atom. The molecule has 7 heteroatoms. The molecule has 4 nitrogen and oxygen atoms in total. The summed E-state index contributed by atoms with van der Waals surface area (Å²) in [6, 6.07) is 0. The molecule has 0 bridgehead atoms. The Labute approximate surface area is 83.1 Å². The van der Waals surface area contributed by atoms with Gasteiger partial charge in [-0.25, -0.2) is 27.9 Å². The fraction of sp³-hybridized carbons (Fsp3) is 0.375. The SMILES string of the molecule is CCOC(=O)c1ncnc(C(F)F)c1F. The molecule has 0 radical (unpaired) electrons. The van der Waals surface area contributed by atoms with Gasteiger partial charge in [0.05, 0.1) is 6.61 Å². The Kier molecular flexibility index (Phi) is 3.59. The van der Waals surface area contributed by atoms with Crippen molar-refractivity contribution in [1.82, 2.24) is 9.97 Å². The lowest BCUT2D eigenvalue weighted by Crippen LogP contribution is -2.12. The van der Waals surface area contributed by atoms with E-state index in [1.807, 2.05) is 0 Å². The zero-order chi connectivity index (χ0) is 11.4. The van der Waals surface area contributed by atoms with Gasteiger partial charge in [-0.1, -0.05) is 0 Å². The summed E-state index contributed by atoms with van der Waals surface area (Å²) in [7, 11) is 0. The molecule has 0 aromatic carbocycles. The highest BCUT2D eigenvalue weighted by Crippen LogP contribution is 2.20. The third-order valence-corrected chi connectivity index (χ3v) is 1.49. The van der Waals surface area contributed by atoms with Crippen LogP contribution in [0, 0.1) is 5.82 Å². The molecule has 0 fully saturated rings. The molecule has 0 unspecified atom stereocenters. The minimum atomic E-state index is -3.10. The van der Waals surface area contributed by atoms with Crippen LogP contribution in [0.1, 0.15) is 29.5 Å². The van der Waals surface area contributed by atoms with E-state index in [4.69, 9.17) is 0 Å². The maximum Gasteiger partial charge on any atom is 0.360 e. The van der Waals surface area contributed by atoms with Crippen LogP contribution in [-0.4, -0.2) is 22.5 Å². The van der Waals surface area contributed by atoms with Crippen LogP contribution in [0.4, 0.5) is 13.2 Å². The van der Waals surface area contributed by atoms with E-state index in [2.05, 4.69) is 14.7 Å². The number of esters is 1. The number of aromatic nitrogens is 2. The fourth-order valence-electron chi connectivity index (χ4n) is 0.877. The highest BCUT2D eigenvalue weighted by atomic mass is 19.3. The Hall–Kier alpha value is -1.66. The fourth-order valence-corrected chi connectivity index (χ4v) is 0.877. The molecule has 0 aliphatic heterocycles. The highest BCUT2D eigenvalue weighted by molar-refractivity contribution is 5.87. The van der Waals surface area contributed by atoms with Crippen LogP contribution in [0.3, 0.4) is 0 Å². The van der Waals surface area contributed by atoms with Gasteiger partial charge in [0, 0.05) is 0 Å². The van der Waals surface area contributed by atoms with Crippen molar-refractivity contribution >= 4 is 5.97 Å². The van der Waals surface area contributed by atoms with E-state index in [9.17, 15) is 18.0 Å². The lowest BCUT2D eigenvalue weighted by molar-refractivity contribution is 0.0511. The van der Waals surface area contributed by atoms with E-state index >= 15 is 0 Å². The maximum absolute atomic E-state index is 13.2. The standard InChI is InChI=1S/C8H7F3N2O2/c1-2-15-8(14)6-4(9)5(7(10)11)12-3-13-6/h3,7H,2H2,1H3. The number of ether oxygens (including phenoxy) is 1. The molecule has 82 valence electrons. The van der Waals surface area contributed by atoms with Crippen LogP contribution in [0.5, 0.6) is 0 Å². The van der Waals surface area contributed by atoms with Crippen molar-refractivity contribution in [2.45, 2.75) is 13.3 Å². The molecule has 0 saturated carbocycles. The normalized spacial score (nSPS) is 10.5. The number of hydrogen-bond donors (Lipinski definition) is 0. The summed E-state index contributed by atoms with van der Waals surface area (Å²) in [5.41, 5.74) is -1.88. The lowest BCUT2D eigenvalue weighted by atomic mass is 10.3. The first-order chi connectivity index (χ1) is 7.07. The van der Waals surface area contributed by atoms with Crippen LogP contribution >= 0.6 is 0 Å². The van der Waals surface area contributed by atoms with E-state index in [0.717, 1.165) is 0 Å². The molecule has 0 amide bonds. The molecule has 1 rings (SSSR count). The lowest BCUT2D eigenvalue weighted by Gasteiger charge is -2.04. The summed E-state index contributed by atoms with van der Waals surface area (Å²) in [6.45, 7) is 1.51. The quantitative estimate of drug-likeness (QED) is 0.728. The van der Waals surface area contributed by atoms with Gasteiger partial charge >= 0.3 is 5.97 Å². The summed E-state index contributed by atoms with van der Waals surface area (Å²) in [5.74, 6) is -2.52. The number of carbonyl (C=O) groups excluding carboxylic acids is 1. The molecule has 0 aliphatic carbocycles. The molecule has 1 heterocycles. The van der Waals surface area contributed by atoms with Gasteiger partial charge in [0.25, 0.3) is 6.43 Å². The zero-order valence-corrected chi connectivity index (χ0v) is 7.71. The van der Waals surface area contributed by atoms with Gasteiger partial charge in [0.2, 0.25) is 0 Å². The molecular weight excluding hydrogens is 213 g/mol. The molecule has 0 saturated heterocycles. The molecule has 0 N–H and O–H groups in total. The van der Waals surface area contributed by atoms with Crippen molar-refractivity contribution in [1.29, 1.82) is 0 Å². The predicted octanol–water partition coefficient (Wildman–Crippen LogP) is 1.73. The van der Waals surface area contributed by atoms with Crippen molar-refractivity contribution in [2.24, 2.45) is 0 Å². The zero-order valence-electron chi connectivity index (χ0n) is 7.71. The van der Waals surface area contributed by atoms with Gasteiger partial charge in [-0.05, 0) is 6.92 Å². The number of rotatable bonds is 3.